The van der Waals surface area contributed by atoms with Gasteiger partial charge in [0.1, 0.15) is 0 Å². The van der Waals surface area contributed by atoms with E-state index in [2.05, 4.69) is 50.4 Å². The van der Waals surface area contributed by atoms with Crippen molar-refractivity contribution in [1.82, 2.24) is 5.32 Å². The van der Waals surface area contributed by atoms with Gasteiger partial charge in [0.15, 0.2) is 0 Å². The first-order valence-corrected chi connectivity index (χ1v) is 6.13. The maximum atomic E-state index is 3.62. The predicted molar refractivity (Wildman–Crippen MR) is 69.7 cm³/mol. The Morgan fingerprint density at radius 1 is 1.44 bits per heavy atom. The monoisotopic (exact) mass is 215 g/mol. The molecule has 16 heavy (non-hydrogen) atoms. The van der Waals surface area contributed by atoms with Gasteiger partial charge in [-0.3, -0.25) is 0 Å². The van der Waals surface area contributed by atoms with E-state index in [1.165, 1.54) is 35.1 Å². The van der Waals surface area contributed by atoms with Crippen LogP contribution < -0.4 is 5.32 Å². The van der Waals surface area contributed by atoms with Crippen LogP contribution in [0.1, 0.15) is 43.0 Å². The Balaban J connectivity index is 2.05. The summed E-state index contributed by atoms with van der Waals surface area (Å²) in [6, 6.07) is 7.40. The van der Waals surface area contributed by atoms with Crippen LogP contribution >= 0.6 is 0 Å². The summed E-state index contributed by atoms with van der Waals surface area (Å²) in [6.45, 7) is 7.45. The summed E-state index contributed by atoms with van der Waals surface area (Å²) in [5.74, 6) is 0. The molecule has 1 aliphatic rings. The molecule has 0 radical (unpaired) electrons. The zero-order chi connectivity index (χ0) is 11.5. The Morgan fingerprint density at radius 2 is 2.25 bits per heavy atom. The van der Waals surface area contributed by atoms with Gasteiger partial charge in [0, 0.05) is 12.6 Å². The number of aryl methyl sites for hydroxylation is 2. The summed E-state index contributed by atoms with van der Waals surface area (Å²) in [5, 5.41) is 3.62. The number of rotatable bonds is 3. The number of nitrogens with one attached hydrogen (secondary N) is 1. The second-order valence-corrected chi connectivity index (χ2v) is 4.98. The molecule has 86 valence electrons. The van der Waals surface area contributed by atoms with Gasteiger partial charge in [-0.2, -0.15) is 0 Å². The maximum absolute atomic E-state index is 3.62. The molecule has 0 fully saturated rings. The van der Waals surface area contributed by atoms with E-state index in [1.807, 2.05) is 0 Å². The first-order valence-electron chi connectivity index (χ1n) is 6.13. The lowest BCUT2D eigenvalue weighted by Crippen LogP contribution is -2.19. The van der Waals surface area contributed by atoms with Gasteiger partial charge < -0.3 is 5.32 Å². The lowest BCUT2D eigenvalue weighted by molar-refractivity contribution is 0.563. The maximum Gasteiger partial charge on any atom is 0.0329 e. The summed E-state index contributed by atoms with van der Waals surface area (Å²) in [5.41, 5.74) is 5.80. The summed E-state index contributed by atoms with van der Waals surface area (Å²) in [6.07, 6.45) is 4.73. The molecule has 1 N–H and O–H groups in total. The van der Waals surface area contributed by atoms with Crippen molar-refractivity contribution in [1.29, 1.82) is 0 Å². The quantitative estimate of drug-likeness (QED) is 0.760. The van der Waals surface area contributed by atoms with E-state index < -0.39 is 0 Å². The summed E-state index contributed by atoms with van der Waals surface area (Å²) in [7, 11) is 0. The lowest BCUT2D eigenvalue weighted by Gasteiger charge is -2.13. The van der Waals surface area contributed by atoms with Crippen LogP contribution in [0.2, 0.25) is 0 Å². The largest absolute Gasteiger partial charge is 0.306 e. The minimum Gasteiger partial charge on any atom is -0.306 e. The van der Waals surface area contributed by atoms with E-state index in [-0.39, 0.29) is 0 Å². The van der Waals surface area contributed by atoms with Gasteiger partial charge >= 0.3 is 0 Å². The number of hydrogen-bond acceptors (Lipinski definition) is 1. The summed E-state index contributed by atoms with van der Waals surface area (Å²) >= 11 is 0. The molecular formula is C15H21N. The third-order valence-electron chi connectivity index (χ3n) is 3.25. The Labute approximate surface area is 98.6 Å². The Kier molecular flexibility index (Phi) is 3.45. The van der Waals surface area contributed by atoms with Crippen molar-refractivity contribution in [3.05, 3.63) is 46.5 Å². The van der Waals surface area contributed by atoms with E-state index in [4.69, 9.17) is 0 Å². The first-order chi connectivity index (χ1) is 7.66. The smallest absolute Gasteiger partial charge is 0.0329 e. The van der Waals surface area contributed by atoms with Gasteiger partial charge in [-0.1, -0.05) is 35.4 Å². The second-order valence-electron chi connectivity index (χ2n) is 4.98. The molecule has 0 saturated heterocycles. The SMILES string of the molecule is CC(C)=CCNC1CCc2ccc(C)cc21. The van der Waals surface area contributed by atoms with Crippen LogP contribution in [0.15, 0.2) is 29.8 Å². The standard InChI is InChI=1S/C15H21N/c1-11(2)8-9-16-15-7-6-13-5-4-12(3)10-14(13)15/h4-5,8,10,15-16H,6-7,9H2,1-3H3. The normalized spacial score (nSPS) is 18.3. The van der Waals surface area contributed by atoms with Crippen LogP contribution in [0.25, 0.3) is 0 Å². The van der Waals surface area contributed by atoms with Crippen molar-refractivity contribution < 1.29 is 0 Å². The van der Waals surface area contributed by atoms with Gasteiger partial charge in [-0.05, 0) is 44.7 Å². The molecule has 1 aromatic rings. The molecule has 0 saturated carbocycles. The van der Waals surface area contributed by atoms with Gasteiger partial charge in [-0.25, -0.2) is 0 Å². The van der Waals surface area contributed by atoms with Crippen molar-refractivity contribution in [3.8, 4) is 0 Å². The van der Waals surface area contributed by atoms with Crippen LogP contribution in [-0.2, 0) is 6.42 Å². The zero-order valence-electron chi connectivity index (χ0n) is 10.5. The molecule has 0 bridgehead atoms. The molecule has 1 atom stereocenters. The first kappa shape index (κ1) is 11.4. The topological polar surface area (TPSA) is 12.0 Å². The molecule has 1 heteroatoms. The summed E-state index contributed by atoms with van der Waals surface area (Å²) in [4.78, 5) is 0. The van der Waals surface area contributed by atoms with Crippen molar-refractivity contribution in [3.63, 3.8) is 0 Å². The van der Waals surface area contributed by atoms with Gasteiger partial charge in [0.2, 0.25) is 0 Å². The van der Waals surface area contributed by atoms with Crippen molar-refractivity contribution in [2.45, 2.75) is 39.7 Å². The lowest BCUT2D eigenvalue weighted by atomic mass is 10.1. The molecule has 0 amide bonds. The molecular weight excluding hydrogens is 194 g/mol. The van der Waals surface area contributed by atoms with Crippen molar-refractivity contribution >= 4 is 0 Å². The number of hydrogen-bond donors (Lipinski definition) is 1. The molecule has 1 aromatic carbocycles. The van der Waals surface area contributed by atoms with Crippen LogP contribution in [0.4, 0.5) is 0 Å². The molecule has 1 unspecified atom stereocenters. The Morgan fingerprint density at radius 3 is 3.00 bits per heavy atom. The fourth-order valence-electron chi connectivity index (χ4n) is 2.34. The highest BCUT2D eigenvalue weighted by atomic mass is 14.9. The third kappa shape index (κ3) is 2.53. The molecule has 0 spiro atoms. The Bertz CT molecular complexity index is 400. The van der Waals surface area contributed by atoms with Crippen LogP contribution in [0.5, 0.6) is 0 Å². The fraction of sp³-hybridized carbons (Fsp3) is 0.467. The van der Waals surface area contributed by atoms with E-state index in [9.17, 15) is 0 Å². The number of allylic oxidation sites excluding steroid dienone is 1. The van der Waals surface area contributed by atoms with Gasteiger partial charge in [0.25, 0.3) is 0 Å². The third-order valence-corrected chi connectivity index (χ3v) is 3.25. The van der Waals surface area contributed by atoms with Crippen LogP contribution in [0.3, 0.4) is 0 Å². The second kappa shape index (κ2) is 4.84. The average molecular weight is 215 g/mol. The van der Waals surface area contributed by atoms with Crippen LogP contribution in [0, 0.1) is 6.92 Å². The molecule has 1 nitrogen and oxygen atoms in total. The van der Waals surface area contributed by atoms with Gasteiger partial charge in [-0.15, -0.1) is 0 Å². The molecule has 0 heterocycles. The van der Waals surface area contributed by atoms with Crippen LogP contribution in [-0.4, -0.2) is 6.54 Å². The average Bonchev–Trinajstić information content (AvgIpc) is 2.60. The minimum absolute atomic E-state index is 0.561. The minimum atomic E-state index is 0.561. The Hall–Kier alpha value is -1.08. The molecule has 1 aliphatic carbocycles. The zero-order valence-corrected chi connectivity index (χ0v) is 10.5. The number of fused-ring (bicyclic) bond motifs is 1. The van der Waals surface area contributed by atoms with E-state index >= 15 is 0 Å². The van der Waals surface area contributed by atoms with Gasteiger partial charge in [0.05, 0.1) is 0 Å². The molecule has 0 aliphatic heterocycles. The fourth-order valence-corrected chi connectivity index (χ4v) is 2.34. The van der Waals surface area contributed by atoms with E-state index in [1.54, 1.807) is 0 Å². The highest BCUT2D eigenvalue weighted by Gasteiger charge is 2.21. The highest BCUT2D eigenvalue weighted by Crippen LogP contribution is 2.31. The van der Waals surface area contributed by atoms with Crippen molar-refractivity contribution in [2.24, 2.45) is 0 Å². The number of benzene rings is 1. The molecule has 0 aromatic heterocycles. The molecule has 2 rings (SSSR count). The van der Waals surface area contributed by atoms with E-state index in [0.29, 0.717) is 6.04 Å². The highest BCUT2D eigenvalue weighted by molar-refractivity contribution is 5.37. The predicted octanol–water partition coefficient (Wildman–Crippen LogP) is 3.54. The van der Waals surface area contributed by atoms with E-state index in [0.717, 1.165) is 6.54 Å². The van der Waals surface area contributed by atoms with Crippen molar-refractivity contribution in [2.75, 3.05) is 6.54 Å². The summed E-state index contributed by atoms with van der Waals surface area (Å²) < 4.78 is 0.